The molecular formula is C20H19F3N4O4S2. The van der Waals surface area contributed by atoms with E-state index >= 15 is 0 Å². The third-order valence-corrected chi connectivity index (χ3v) is 6.64. The molecule has 1 amide bonds. The van der Waals surface area contributed by atoms with E-state index in [1.807, 2.05) is 0 Å². The van der Waals surface area contributed by atoms with Gasteiger partial charge < -0.3 is 4.74 Å². The van der Waals surface area contributed by atoms with Crippen LogP contribution in [-0.4, -0.2) is 43.9 Å². The largest absolute Gasteiger partial charge is 0.497 e. The number of amides is 1. The van der Waals surface area contributed by atoms with Gasteiger partial charge in [-0.2, -0.15) is 13.2 Å². The summed E-state index contributed by atoms with van der Waals surface area (Å²) in [6.07, 6.45) is -3.86. The smallest absolute Gasteiger partial charge is 0.416 e. The molecule has 3 rings (SSSR count). The molecule has 8 nitrogen and oxygen atoms in total. The molecule has 0 fully saturated rings. The van der Waals surface area contributed by atoms with E-state index in [1.54, 1.807) is 24.3 Å². The van der Waals surface area contributed by atoms with Crippen molar-refractivity contribution in [3.8, 4) is 16.3 Å². The van der Waals surface area contributed by atoms with Crippen LogP contribution in [0.25, 0.3) is 10.6 Å². The number of anilines is 2. The van der Waals surface area contributed by atoms with Crippen LogP contribution in [0.4, 0.5) is 24.0 Å². The van der Waals surface area contributed by atoms with Gasteiger partial charge in [0.05, 0.1) is 24.6 Å². The molecule has 0 aliphatic carbocycles. The van der Waals surface area contributed by atoms with Crippen LogP contribution < -0.4 is 14.4 Å². The standard InChI is InChI=1S/C20H19F3N4O4S2/c1-12(27(33(3,29)30)15-6-4-5-14(11-15)20(21,22)23)17(28)24-19-26-25-18(32-19)13-7-9-16(31-2)10-8-13/h4-12H,1-3H3,(H,24,26,28)/t12-/m1/s1. The molecule has 3 aromatic rings. The zero-order chi connectivity index (χ0) is 24.4. The molecule has 0 radical (unpaired) electrons. The lowest BCUT2D eigenvalue weighted by atomic mass is 10.2. The highest BCUT2D eigenvalue weighted by atomic mass is 32.2. The van der Waals surface area contributed by atoms with Crippen LogP contribution in [-0.2, 0) is 21.0 Å². The number of nitrogens with zero attached hydrogens (tertiary/aromatic N) is 3. The number of hydrogen-bond donors (Lipinski definition) is 1. The van der Waals surface area contributed by atoms with Crippen LogP contribution in [0.1, 0.15) is 12.5 Å². The lowest BCUT2D eigenvalue weighted by Gasteiger charge is -2.28. The normalized spacial score (nSPS) is 12.8. The summed E-state index contributed by atoms with van der Waals surface area (Å²) in [5, 5.41) is 11.0. The van der Waals surface area contributed by atoms with Crippen molar-refractivity contribution in [2.24, 2.45) is 0 Å². The molecule has 33 heavy (non-hydrogen) atoms. The zero-order valence-corrected chi connectivity index (χ0v) is 19.3. The zero-order valence-electron chi connectivity index (χ0n) is 17.6. The van der Waals surface area contributed by atoms with Gasteiger partial charge in [-0.1, -0.05) is 17.4 Å². The lowest BCUT2D eigenvalue weighted by molar-refractivity contribution is -0.137. The number of hydrogen-bond acceptors (Lipinski definition) is 7. The van der Waals surface area contributed by atoms with Gasteiger partial charge in [0, 0.05) is 5.56 Å². The van der Waals surface area contributed by atoms with Crippen LogP contribution >= 0.6 is 11.3 Å². The maximum absolute atomic E-state index is 13.1. The second kappa shape index (κ2) is 9.35. The summed E-state index contributed by atoms with van der Waals surface area (Å²) in [4.78, 5) is 12.8. The van der Waals surface area contributed by atoms with Crippen molar-refractivity contribution in [1.29, 1.82) is 0 Å². The summed E-state index contributed by atoms with van der Waals surface area (Å²) in [7, 11) is -2.56. The summed E-state index contributed by atoms with van der Waals surface area (Å²) in [6.45, 7) is 1.27. The summed E-state index contributed by atoms with van der Waals surface area (Å²) >= 11 is 1.05. The molecule has 0 bridgehead atoms. The van der Waals surface area contributed by atoms with E-state index in [9.17, 15) is 26.4 Å². The van der Waals surface area contributed by atoms with Crippen molar-refractivity contribution in [3.05, 3.63) is 54.1 Å². The Labute approximate surface area is 192 Å². The maximum atomic E-state index is 13.1. The molecule has 1 atom stereocenters. The third-order valence-electron chi connectivity index (χ3n) is 4.51. The number of rotatable bonds is 7. The first-order valence-electron chi connectivity index (χ1n) is 9.35. The molecule has 0 aliphatic rings. The number of carbonyl (C=O) groups is 1. The Morgan fingerprint density at radius 3 is 2.39 bits per heavy atom. The number of nitrogens with one attached hydrogen (secondary N) is 1. The Kier molecular flexibility index (Phi) is 6.93. The maximum Gasteiger partial charge on any atom is 0.416 e. The number of halogens is 3. The molecule has 0 spiro atoms. The van der Waals surface area contributed by atoms with Gasteiger partial charge in [0.1, 0.15) is 16.8 Å². The quantitative estimate of drug-likeness (QED) is 0.526. The fourth-order valence-corrected chi connectivity index (χ4v) is 4.88. The van der Waals surface area contributed by atoms with Gasteiger partial charge in [-0.3, -0.25) is 14.4 Å². The van der Waals surface area contributed by atoms with Crippen molar-refractivity contribution in [3.63, 3.8) is 0 Å². The Bertz CT molecular complexity index is 1240. The minimum Gasteiger partial charge on any atom is -0.497 e. The first-order chi connectivity index (χ1) is 15.4. The summed E-state index contributed by atoms with van der Waals surface area (Å²) in [5.41, 5.74) is -0.593. The minimum absolute atomic E-state index is 0.107. The minimum atomic E-state index is -4.67. The molecule has 0 unspecified atom stereocenters. The highest BCUT2D eigenvalue weighted by Gasteiger charge is 2.34. The number of alkyl halides is 3. The monoisotopic (exact) mass is 500 g/mol. The SMILES string of the molecule is COc1ccc(-c2nnc(NC(=O)[C@@H](C)N(c3cccc(C(F)(F)F)c3)S(C)(=O)=O)s2)cc1. The molecule has 1 aromatic heterocycles. The number of ether oxygens (including phenoxy) is 1. The highest BCUT2D eigenvalue weighted by molar-refractivity contribution is 7.92. The second-order valence-electron chi connectivity index (χ2n) is 6.91. The van der Waals surface area contributed by atoms with E-state index in [2.05, 4.69) is 15.5 Å². The van der Waals surface area contributed by atoms with Crippen LogP contribution in [0.15, 0.2) is 48.5 Å². The van der Waals surface area contributed by atoms with Crippen molar-refractivity contribution >= 4 is 38.1 Å². The predicted octanol–water partition coefficient (Wildman–Crippen LogP) is 4.03. The van der Waals surface area contributed by atoms with E-state index in [0.717, 1.165) is 35.3 Å². The Balaban J connectivity index is 1.83. The van der Waals surface area contributed by atoms with E-state index in [-0.39, 0.29) is 10.8 Å². The Morgan fingerprint density at radius 1 is 1.15 bits per heavy atom. The first kappa shape index (κ1) is 24.5. The van der Waals surface area contributed by atoms with Crippen LogP contribution in [0.5, 0.6) is 5.75 Å². The number of carbonyl (C=O) groups excluding carboxylic acids is 1. The highest BCUT2D eigenvalue weighted by Crippen LogP contribution is 2.33. The average Bonchev–Trinajstić information content (AvgIpc) is 3.21. The van der Waals surface area contributed by atoms with Crippen molar-refractivity contribution in [1.82, 2.24) is 10.2 Å². The number of aromatic nitrogens is 2. The van der Waals surface area contributed by atoms with E-state index < -0.39 is 33.7 Å². The second-order valence-corrected chi connectivity index (χ2v) is 9.75. The molecule has 0 aliphatic heterocycles. The van der Waals surface area contributed by atoms with Gasteiger partial charge in [0.15, 0.2) is 0 Å². The fraction of sp³-hybridized carbons (Fsp3) is 0.250. The first-order valence-corrected chi connectivity index (χ1v) is 12.0. The predicted molar refractivity (Wildman–Crippen MR) is 119 cm³/mol. The molecule has 0 saturated carbocycles. The molecule has 2 aromatic carbocycles. The van der Waals surface area contributed by atoms with E-state index in [0.29, 0.717) is 21.1 Å². The van der Waals surface area contributed by atoms with Crippen LogP contribution in [0, 0.1) is 0 Å². The fourth-order valence-electron chi connectivity index (χ4n) is 2.96. The molecule has 0 saturated heterocycles. The van der Waals surface area contributed by atoms with Gasteiger partial charge in [-0.15, -0.1) is 10.2 Å². The summed E-state index contributed by atoms with van der Waals surface area (Å²) in [6, 6.07) is 9.37. The molecule has 1 N–H and O–H groups in total. The van der Waals surface area contributed by atoms with Crippen LogP contribution in [0.3, 0.4) is 0 Å². The van der Waals surface area contributed by atoms with Crippen LogP contribution in [0.2, 0.25) is 0 Å². The molecule has 176 valence electrons. The van der Waals surface area contributed by atoms with Gasteiger partial charge in [0.2, 0.25) is 21.1 Å². The molecule has 13 heteroatoms. The Hall–Kier alpha value is -3.19. The third kappa shape index (κ3) is 5.79. The molecule has 1 heterocycles. The van der Waals surface area contributed by atoms with Gasteiger partial charge in [-0.25, -0.2) is 8.42 Å². The number of methoxy groups -OCH3 is 1. The van der Waals surface area contributed by atoms with Gasteiger partial charge >= 0.3 is 6.18 Å². The van der Waals surface area contributed by atoms with Gasteiger partial charge in [0.25, 0.3) is 0 Å². The average molecular weight is 501 g/mol. The summed E-state index contributed by atoms with van der Waals surface area (Å²) in [5.74, 6) is -0.128. The van der Waals surface area contributed by atoms with Crippen molar-refractivity contribution in [2.45, 2.75) is 19.1 Å². The number of sulfonamides is 1. The summed E-state index contributed by atoms with van der Waals surface area (Å²) < 4.78 is 69.7. The van der Waals surface area contributed by atoms with Crippen molar-refractivity contribution < 1.29 is 31.1 Å². The van der Waals surface area contributed by atoms with E-state index in [4.69, 9.17) is 4.74 Å². The van der Waals surface area contributed by atoms with Gasteiger partial charge in [-0.05, 0) is 49.4 Å². The Morgan fingerprint density at radius 2 is 1.82 bits per heavy atom. The lowest BCUT2D eigenvalue weighted by Crippen LogP contribution is -2.45. The topological polar surface area (TPSA) is 101 Å². The number of benzene rings is 2. The van der Waals surface area contributed by atoms with E-state index in [1.165, 1.54) is 20.1 Å². The molecular weight excluding hydrogens is 481 g/mol. The van der Waals surface area contributed by atoms with Crippen molar-refractivity contribution in [2.75, 3.05) is 23.0 Å².